The van der Waals surface area contributed by atoms with Gasteiger partial charge in [-0.1, -0.05) is 37.6 Å². The van der Waals surface area contributed by atoms with Gasteiger partial charge in [0.25, 0.3) is 5.56 Å². The van der Waals surface area contributed by atoms with Crippen LogP contribution in [0.15, 0.2) is 58.4 Å². The molecule has 1 atom stereocenters. The van der Waals surface area contributed by atoms with Gasteiger partial charge in [-0.3, -0.25) is 14.9 Å². The molecule has 0 aliphatic rings. The van der Waals surface area contributed by atoms with Gasteiger partial charge < -0.3 is 14.2 Å². The third-order valence-corrected chi connectivity index (χ3v) is 6.89. The molecule has 43 heavy (non-hydrogen) atoms. The van der Waals surface area contributed by atoms with Crippen LogP contribution in [0.4, 0.5) is 5.69 Å². The summed E-state index contributed by atoms with van der Waals surface area (Å²) in [6.45, 7) is 9.76. The summed E-state index contributed by atoms with van der Waals surface area (Å²) in [7, 11) is 1.18. The highest BCUT2D eigenvalue weighted by Crippen LogP contribution is 2.36. The van der Waals surface area contributed by atoms with E-state index < -0.39 is 28.2 Å². The van der Waals surface area contributed by atoms with Crippen molar-refractivity contribution in [1.29, 1.82) is 0 Å². The number of methoxy groups -OCH3 is 1. The Morgan fingerprint density at radius 3 is 2.56 bits per heavy atom. The van der Waals surface area contributed by atoms with Crippen molar-refractivity contribution in [3.05, 3.63) is 90.7 Å². The summed E-state index contributed by atoms with van der Waals surface area (Å²) in [6, 6.07) is 13.2. The number of carbonyl (C=O) groups excluding carboxylic acids is 1. The molecule has 0 spiro atoms. The molecule has 4 aromatic rings. The van der Waals surface area contributed by atoms with E-state index >= 15 is 0 Å². The number of nitro groups is 1. The standard InChI is InChI=1S/C31H31ClN4O7/c1-7-42-27-12-18(4)24(15-23(27)17(2)3)29-34-25-11-9-8-10-22(25)30(37)35(29)33-16-20-13-21(32)14-26(36(39)40)28(20)43-19(5)31(38)41-6/h8-17,19H,7H2,1-6H3/t19-/m1/s1. The molecular weight excluding hydrogens is 576 g/mol. The average molecular weight is 607 g/mol. The molecule has 0 radical (unpaired) electrons. The summed E-state index contributed by atoms with van der Waals surface area (Å²) < 4.78 is 17.4. The fraction of sp³-hybridized carbons (Fsp3) is 0.290. The largest absolute Gasteiger partial charge is 0.494 e. The van der Waals surface area contributed by atoms with E-state index in [0.29, 0.717) is 23.1 Å². The second kappa shape index (κ2) is 13.0. The van der Waals surface area contributed by atoms with E-state index in [1.807, 2.05) is 39.8 Å². The summed E-state index contributed by atoms with van der Waals surface area (Å²) in [6.07, 6.45) is 0.0332. The van der Waals surface area contributed by atoms with Crippen molar-refractivity contribution < 1.29 is 23.9 Å². The molecule has 0 bridgehead atoms. The quantitative estimate of drug-likeness (QED) is 0.0891. The minimum Gasteiger partial charge on any atom is -0.494 e. The van der Waals surface area contributed by atoms with Gasteiger partial charge in [-0.25, -0.2) is 9.78 Å². The van der Waals surface area contributed by atoms with Crippen LogP contribution in [0.1, 0.15) is 50.3 Å². The molecule has 0 aliphatic carbocycles. The predicted octanol–water partition coefficient (Wildman–Crippen LogP) is 6.28. The third-order valence-electron chi connectivity index (χ3n) is 6.67. The molecular formula is C31H31ClN4O7. The Morgan fingerprint density at radius 1 is 1.19 bits per heavy atom. The Bertz CT molecular complexity index is 1800. The molecule has 3 aromatic carbocycles. The maximum Gasteiger partial charge on any atom is 0.346 e. The number of nitro benzene ring substituents is 1. The number of rotatable bonds is 10. The number of para-hydroxylation sites is 1. The van der Waals surface area contributed by atoms with Gasteiger partial charge in [0.1, 0.15) is 5.75 Å². The minimum absolute atomic E-state index is 0.0272. The lowest BCUT2D eigenvalue weighted by Crippen LogP contribution is -2.26. The molecule has 1 heterocycles. The number of carbonyl (C=O) groups is 1. The molecule has 11 nitrogen and oxygen atoms in total. The Morgan fingerprint density at radius 2 is 1.91 bits per heavy atom. The zero-order valence-corrected chi connectivity index (χ0v) is 25.3. The second-order valence-electron chi connectivity index (χ2n) is 9.99. The summed E-state index contributed by atoms with van der Waals surface area (Å²) in [5, 5.41) is 16.7. The van der Waals surface area contributed by atoms with E-state index in [0.717, 1.165) is 27.6 Å². The average Bonchev–Trinajstić information content (AvgIpc) is 2.97. The molecule has 0 N–H and O–H groups in total. The van der Waals surface area contributed by atoms with E-state index in [1.165, 1.54) is 26.3 Å². The first kappa shape index (κ1) is 31.2. The number of halogens is 1. The Labute approximate surface area is 252 Å². The minimum atomic E-state index is -1.18. The number of hydrogen-bond donors (Lipinski definition) is 0. The van der Waals surface area contributed by atoms with E-state index in [-0.39, 0.29) is 28.1 Å². The number of nitrogens with zero attached hydrogens (tertiary/aromatic N) is 4. The Hall–Kier alpha value is -4.77. The number of benzene rings is 3. The van der Waals surface area contributed by atoms with Crippen molar-refractivity contribution in [1.82, 2.24) is 9.66 Å². The van der Waals surface area contributed by atoms with Gasteiger partial charge in [-0.2, -0.15) is 9.78 Å². The highest BCUT2D eigenvalue weighted by Gasteiger charge is 2.26. The normalized spacial score (nSPS) is 12.1. The number of esters is 1. The predicted molar refractivity (Wildman–Crippen MR) is 165 cm³/mol. The Kier molecular flexibility index (Phi) is 9.45. The highest BCUT2D eigenvalue weighted by atomic mass is 35.5. The number of ether oxygens (including phenoxy) is 3. The van der Waals surface area contributed by atoms with E-state index in [4.69, 9.17) is 30.8 Å². The van der Waals surface area contributed by atoms with E-state index in [2.05, 4.69) is 5.10 Å². The number of hydrogen-bond acceptors (Lipinski definition) is 9. The summed E-state index contributed by atoms with van der Waals surface area (Å²) in [4.78, 5) is 41.9. The first-order valence-corrected chi connectivity index (χ1v) is 13.9. The highest BCUT2D eigenvalue weighted by molar-refractivity contribution is 6.31. The molecule has 0 unspecified atom stereocenters. The van der Waals surface area contributed by atoms with Crippen LogP contribution in [0, 0.1) is 17.0 Å². The number of aryl methyl sites for hydroxylation is 1. The summed E-state index contributed by atoms with van der Waals surface area (Å²) in [5.41, 5.74) is 1.97. The van der Waals surface area contributed by atoms with E-state index in [1.54, 1.807) is 24.3 Å². The molecule has 0 fully saturated rings. The van der Waals surface area contributed by atoms with Crippen molar-refractivity contribution in [3.8, 4) is 22.9 Å². The first-order valence-electron chi connectivity index (χ1n) is 13.5. The topological polar surface area (TPSA) is 135 Å². The van der Waals surface area contributed by atoms with Crippen LogP contribution in [0.2, 0.25) is 5.02 Å². The van der Waals surface area contributed by atoms with Crippen LogP contribution >= 0.6 is 11.6 Å². The summed E-state index contributed by atoms with van der Waals surface area (Å²) in [5.74, 6) is 0.0950. The van der Waals surface area contributed by atoms with Crippen molar-refractivity contribution in [3.63, 3.8) is 0 Å². The summed E-state index contributed by atoms with van der Waals surface area (Å²) >= 11 is 6.21. The maximum atomic E-state index is 13.8. The molecule has 0 aliphatic heterocycles. The van der Waals surface area contributed by atoms with Crippen LogP contribution < -0.4 is 15.0 Å². The Balaban J connectivity index is 1.99. The van der Waals surface area contributed by atoms with Gasteiger partial charge in [-0.05, 0) is 68.1 Å². The molecule has 0 saturated carbocycles. The van der Waals surface area contributed by atoms with Crippen LogP contribution in [-0.4, -0.2) is 46.6 Å². The first-order chi connectivity index (χ1) is 20.5. The fourth-order valence-electron chi connectivity index (χ4n) is 4.55. The van der Waals surface area contributed by atoms with Gasteiger partial charge in [0, 0.05) is 22.2 Å². The number of aromatic nitrogens is 2. The monoisotopic (exact) mass is 606 g/mol. The molecule has 0 amide bonds. The lowest BCUT2D eigenvalue weighted by Gasteiger charge is -2.18. The van der Waals surface area contributed by atoms with E-state index in [9.17, 15) is 19.7 Å². The lowest BCUT2D eigenvalue weighted by molar-refractivity contribution is -0.386. The zero-order chi connectivity index (χ0) is 31.4. The van der Waals surface area contributed by atoms with Crippen LogP contribution in [-0.2, 0) is 9.53 Å². The van der Waals surface area contributed by atoms with Crippen molar-refractivity contribution in [2.24, 2.45) is 5.10 Å². The van der Waals surface area contributed by atoms with Crippen LogP contribution in [0.25, 0.3) is 22.3 Å². The smallest absolute Gasteiger partial charge is 0.346 e. The SMILES string of the molecule is CCOc1cc(C)c(-c2nc3ccccc3c(=O)n2N=Cc2cc(Cl)cc([N+](=O)[O-])c2O[C@H](C)C(=O)OC)cc1C(C)C. The second-order valence-corrected chi connectivity index (χ2v) is 10.4. The fourth-order valence-corrected chi connectivity index (χ4v) is 4.77. The maximum absolute atomic E-state index is 13.8. The van der Waals surface area contributed by atoms with Gasteiger partial charge in [0.05, 0.1) is 35.8 Å². The molecule has 4 rings (SSSR count). The van der Waals surface area contributed by atoms with Gasteiger partial charge in [0.2, 0.25) is 5.75 Å². The third kappa shape index (κ3) is 6.51. The van der Waals surface area contributed by atoms with Crippen molar-refractivity contribution >= 4 is 40.4 Å². The van der Waals surface area contributed by atoms with Crippen LogP contribution in [0.3, 0.4) is 0 Å². The van der Waals surface area contributed by atoms with Gasteiger partial charge in [0.15, 0.2) is 11.9 Å². The molecule has 12 heteroatoms. The van der Waals surface area contributed by atoms with Crippen molar-refractivity contribution in [2.75, 3.05) is 13.7 Å². The molecule has 0 saturated heterocycles. The van der Waals surface area contributed by atoms with Gasteiger partial charge in [-0.15, -0.1) is 0 Å². The van der Waals surface area contributed by atoms with Crippen molar-refractivity contribution in [2.45, 2.75) is 46.6 Å². The van der Waals surface area contributed by atoms with Gasteiger partial charge >= 0.3 is 11.7 Å². The molecule has 1 aromatic heterocycles. The lowest BCUT2D eigenvalue weighted by atomic mass is 9.96. The molecule has 224 valence electrons. The number of fused-ring (bicyclic) bond motifs is 1. The van der Waals surface area contributed by atoms with Crippen LogP contribution in [0.5, 0.6) is 11.5 Å². The zero-order valence-electron chi connectivity index (χ0n) is 24.6.